The summed E-state index contributed by atoms with van der Waals surface area (Å²) in [7, 11) is 0. The van der Waals surface area contributed by atoms with Gasteiger partial charge in [-0.15, -0.1) is 0 Å². The monoisotopic (exact) mass is 234 g/mol. The van der Waals surface area contributed by atoms with Gasteiger partial charge in [0.05, 0.1) is 12.6 Å². The zero-order chi connectivity index (χ0) is 12.7. The lowest BCUT2D eigenvalue weighted by molar-refractivity contribution is -0.143. The maximum atomic E-state index is 11.2. The fourth-order valence-electron chi connectivity index (χ4n) is 0.874. The summed E-state index contributed by atoms with van der Waals surface area (Å²) in [5.74, 6) is -3.29. The topological polar surface area (TPSA) is 150 Å². The normalized spacial score (nSPS) is 13.9. The van der Waals surface area contributed by atoms with Crippen LogP contribution in [0.5, 0.6) is 0 Å². The van der Waals surface area contributed by atoms with Crippen LogP contribution in [-0.2, 0) is 14.4 Å². The molecule has 1 amide bonds. The molecule has 0 aliphatic heterocycles. The van der Waals surface area contributed by atoms with E-state index in [1.165, 1.54) is 0 Å². The molecule has 92 valence electrons. The molecule has 0 saturated carbocycles. The average molecular weight is 234 g/mol. The molecule has 0 aliphatic rings. The summed E-state index contributed by atoms with van der Waals surface area (Å²) >= 11 is 0. The minimum Gasteiger partial charge on any atom is -0.481 e. The highest BCUT2D eigenvalue weighted by molar-refractivity contribution is 5.87. The Labute approximate surface area is 91.1 Å². The van der Waals surface area contributed by atoms with Crippen LogP contribution in [0.2, 0.25) is 0 Å². The number of hydrogen-bond acceptors (Lipinski definition) is 5. The number of carboxylic acids is 2. The Morgan fingerprint density at radius 2 is 1.81 bits per heavy atom. The van der Waals surface area contributed by atoms with Crippen LogP contribution in [0.25, 0.3) is 0 Å². The standard InChI is InChI=1S/C8H14N2O6/c9-4(1-2-6(12)13)7(14)10-5(3-11)8(15)16/h4-5,11H,1-3,9H2,(H,10,14)(H,12,13)(H,15,16)/t4?,5-/m1/s1. The van der Waals surface area contributed by atoms with Crippen molar-refractivity contribution in [3.8, 4) is 0 Å². The van der Waals surface area contributed by atoms with E-state index in [4.69, 9.17) is 21.1 Å². The Balaban J connectivity index is 4.13. The number of amides is 1. The lowest BCUT2D eigenvalue weighted by Crippen LogP contribution is -2.50. The Morgan fingerprint density at radius 3 is 2.19 bits per heavy atom. The molecule has 0 rings (SSSR count). The molecule has 0 aliphatic carbocycles. The van der Waals surface area contributed by atoms with Crippen LogP contribution in [0.1, 0.15) is 12.8 Å². The Morgan fingerprint density at radius 1 is 1.25 bits per heavy atom. The van der Waals surface area contributed by atoms with Crippen molar-refractivity contribution in [1.82, 2.24) is 5.32 Å². The molecular formula is C8H14N2O6. The maximum absolute atomic E-state index is 11.2. The van der Waals surface area contributed by atoms with Gasteiger partial charge in [-0.3, -0.25) is 9.59 Å². The largest absolute Gasteiger partial charge is 0.481 e. The van der Waals surface area contributed by atoms with Gasteiger partial charge in [0.25, 0.3) is 0 Å². The second-order valence-electron chi connectivity index (χ2n) is 3.12. The summed E-state index contributed by atoms with van der Waals surface area (Å²) in [5.41, 5.74) is 5.32. The van der Waals surface area contributed by atoms with Gasteiger partial charge in [-0.1, -0.05) is 0 Å². The minimum absolute atomic E-state index is 0.0983. The van der Waals surface area contributed by atoms with Crippen molar-refractivity contribution >= 4 is 17.8 Å². The molecule has 2 atom stereocenters. The molecule has 0 aromatic carbocycles. The van der Waals surface area contributed by atoms with Gasteiger partial charge in [-0.2, -0.15) is 0 Å². The number of aliphatic hydroxyl groups excluding tert-OH is 1. The summed E-state index contributed by atoms with van der Waals surface area (Å²) in [6.45, 7) is -0.757. The summed E-state index contributed by atoms with van der Waals surface area (Å²) in [5, 5.41) is 27.4. The van der Waals surface area contributed by atoms with Gasteiger partial charge in [-0.05, 0) is 6.42 Å². The van der Waals surface area contributed by atoms with Crippen LogP contribution in [0, 0.1) is 0 Å². The third kappa shape index (κ3) is 5.27. The van der Waals surface area contributed by atoms with Crippen molar-refractivity contribution in [2.75, 3.05) is 6.61 Å². The van der Waals surface area contributed by atoms with Gasteiger partial charge in [-0.25, -0.2) is 4.79 Å². The van der Waals surface area contributed by atoms with E-state index in [1.54, 1.807) is 0 Å². The fourth-order valence-corrected chi connectivity index (χ4v) is 0.874. The van der Waals surface area contributed by atoms with E-state index in [2.05, 4.69) is 0 Å². The van der Waals surface area contributed by atoms with Crippen LogP contribution in [-0.4, -0.2) is 51.9 Å². The summed E-state index contributed by atoms with van der Waals surface area (Å²) in [6.07, 6.45) is -0.385. The number of carboxylic acid groups (broad SMARTS) is 2. The van der Waals surface area contributed by atoms with Crippen molar-refractivity contribution in [3.63, 3.8) is 0 Å². The zero-order valence-corrected chi connectivity index (χ0v) is 8.42. The van der Waals surface area contributed by atoms with Crippen LogP contribution < -0.4 is 11.1 Å². The SMILES string of the molecule is NC(CCC(=O)O)C(=O)N[C@H](CO)C(=O)O. The molecule has 0 radical (unpaired) electrons. The minimum atomic E-state index is -1.43. The van der Waals surface area contributed by atoms with Gasteiger partial charge in [0.15, 0.2) is 0 Å². The van der Waals surface area contributed by atoms with E-state index >= 15 is 0 Å². The summed E-state index contributed by atoms with van der Waals surface area (Å²) < 4.78 is 0. The van der Waals surface area contributed by atoms with Crippen molar-refractivity contribution in [2.24, 2.45) is 5.73 Å². The maximum Gasteiger partial charge on any atom is 0.328 e. The predicted molar refractivity (Wildman–Crippen MR) is 51.5 cm³/mol. The Kier molecular flexibility index (Phi) is 6.04. The van der Waals surface area contributed by atoms with Crippen molar-refractivity contribution in [3.05, 3.63) is 0 Å². The van der Waals surface area contributed by atoms with Gasteiger partial charge < -0.3 is 26.4 Å². The number of nitrogens with one attached hydrogen (secondary N) is 1. The number of hydrogen-bond donors (Lipinski definition) is 5. The van der Waals surface area contributed by atoms with Gasteiger partial charge >= 0.3 is 11.9 Å². The van der Waals surface area contributed by atoms with Crippen LogP contribution >= 0.6 is 0 Å². The van der Waals surface area contributed by atoms with Gasteiger partial charge in [0.2, 0.25) is 5.91 Å². The van der Waals surface area contributed by atoms with Crippen LogP contribution in [0.15, 0.2) is 0 Å². The van der Waals surface area contributed by atoms with Crippen molar-refractivity contribution in [2.45, 2.75) is 24.9 Å². The molecular weight excluding hydrogens is 220 g/mol. The number of aliphatic hydroxyl groups is 1. The van der Waals surface area contributed by atoms with E-state index in [0.29, 0.717) is 0 Å². The number of carbonyl (C=O) groups excluding carboxylic acids is 1. The molecule has 8 heteroatoms. The summed E-state index contributed by atoms with van der Waals surface area (Å²) in [6, 6.07) is -2.53. The number of aliphatic carboxylic acids is 2. The first kappa shape index (κ1) is 14.3. The first-order valence-corrected chi connectivity index (χ1v) is 4.50. The average Bonchev–Trinajstić information content (AvgIpc) is 2.21. The highest BCUT2D eigenvalue weighted by Crippen LogP contribution is 1.95. The third-order valence-electron chi connectivity index (χ3n) is 1.80. The molecule has 0 spiro atoms. The van der Waals surface area contributed by atoms with E-state index in [9.17, 15) is 14.4 Å². The second kappa shape index (κ2) is 6.75. The first-order valence-electron chi connectivity index (χ1n) is 4.50. The predicted octanol–water partition coefficient (Wildman–Crippen LogP) is -2.26. The summed E-state index contributed by atoms with van der Waals surface area (Å²) in [4.78, 5) is 31.9. The van der Waals surface area contributed by atoms with E-state index in [-0.39, 0.29) is 12.8 Å². The fraction of sp³-hybridized carbons (Fsp3) is 0.625. The Hall–Kier alpha value is -1.67. The Bertz CT molecular complexity index is 280. The van der Waals surface area contributed by atoms with Crippen molar-refractivity contribution in [1.29, 1.82) is 0 Å². The molecule has 0 saturated heterocycles. The van der Waals surface area contributed by atoms with Gasteiger partial charge in [0, 0.05) is 6.42 Å². The molecule has 0 aromatic heterocycles. The van der Waals surface area contributed by atoms with E-state index in [1.807, 2.05) is 5.32 Å². The molecule has 0 fully saturated rings. The number of carbonyl (C=O) groups is 3. The van der Waals surface area contributed by atoms with Crippen LogP contribution in [0.3, 0.4) is 0 Å². The van der Waals surface area contributed by atoms with Gasteiger partial charge in [0.1, 0.15) is 6.04 Å². The zero-order valence-electron chi connectivity index (χ0n) is 8.42. The third-order valence-corrected chi connectivity index (χ3v) is 1.80. The highest BCUT2D eigenvalue weighted by Gasteiger charge is 2.22. The van der Waals surface area contributed by atoms with E-state index in [0.717, 1.165) is 0 Å². The molecule has 0 aromatic rings. The molecule has 8 nitrogen and oxygen atoms in total. The molecule has 1 unspecified atom stereocenters. The number of nitrogens with two attached hydrogens (primary N) is 1. The molecule has 0 heterocycles. The lowest BCUT2D eigenvalue weighted by atomic mass is 10.1. The smallest absolute Gasteiger partial charge is 0.328 e. The van der Waals surface area contributed by atoms with Crippen molar-refractivity contribution < 1.29 is 29.7 Å². The molecule has 6 N–H and O–H groups in total. The number of rotatable bonds is 7. The lowest BCUT2D eigenvalue weighted by Gasteiger charge is -2.15. The molecule has 0 bridgehead atoms. The quantitative estimate of drug-likeness (QED) is 0.333. The van der Waals surface area contributed by atoms with E-state index < -0.39 is 36.5 Å². The van der Waals surface area contributed by atoms with Crippen LogP contribution in [0.4, 0.5) is 0 Å². The highest BCUT2D eigenvalue weighted by atomic mass is 16.4. The second-order valence-corrected chi connectivity index (χ2v) is 3.12. The first-order chi connectivity index (χ1) is 7.38. The molecule has 16 heavy (non-hydrogen) atoms.